The second-order valence-electron chi connectivity index (χ2n) is 3.31. The molecule has 0 bridgehead atoms. The van der Waals surface area contributed by atoms with Crippen molar-refractivity contribution in [1.29, 1.82) is 0 Å². The van der Waals surface area contributed by atoms with Crippen LogP contribution in [-0.4, -0.2) is 17.1 Å². The second kappa shape index (κ2) is 7.11. The minimum Gasteiger partial charge on any atom is -0.412 e. The molecule has 0 spiro atoms. The molecule has 0 saturated carbocycles. The Bertz CT molecular complexity index is 407. The summed E-state index contributed by atoms with van der Waals surface area (Å²) in [6.45, 7) is 1.84. The molecule has 1 aromatic rings. The van der Waals surface area contributed by atoms with Crippen molar-refractivity contribution in [3.63, 3.8) is 0 Å². The molecule has 5 nitrogen and oxygen atoms in total. The van der Waals surface area contributed by atoms with Crippen LogP contribution in [0.15, 0.2) is 29.4 Å². The summed E-state index contributed by atoms with van der Waals surface area (Å²) < 4.78 is 0. The zero-order chi connectivity index (χ0) is 10.1. The monoisotopic (exact) mass is 279 g/mol. The molecule has 96 valence electrons. The van der Waals surface area contributed by atoms with Crippen molar-refractivity contribution < 1.29 is 10.3 Å². The third kappa shape index (κ3) is 3.89. The first kappa shape index (κ1) is 18.1. The highest BCUT2D eigenvalue weighted by molar-refractivity contribution is 6.12. The molecule has 0 radical (unpaired) electrons. The summed E-state index contributed by atoms with van der Waals surface area (Å²) in [4.78, 5) is 11.5. The van der Waals surface area contributed by atoms with Crippen LogP contribution in [0.2, 0.25) is 0 Å². The predicted octanol–water partition coefficient (Wildman–Crippen LogP) is 1.40. The van der Waals surface area contributed by atoms with E-state index in [0.29, 0.717) is 12.1 Å². The third-order valence-electron chi connectivity index (χ3n) is 2.05. The average molecular weight is 280 g/mol. The van der Waals surface area contributed by atoms with Gasteiger partial charge in [0.25, 0.3) is 5.91 Å². The van der Waals surface area contributed by atoms with Gasteiger partial charge < -0.3 is 11.2 Å². The zero-order valence-electron chi connectivity index (χ0n) is 9.21. The van der Waals surface area contributed by atoms with Gasteiger partial charge in [0, 0.05) is 11.4 Å². The molecular formula is C10H15Cl2N3O2. The number of nitrogens with two attached hydrogens (primary N) is 1. The van der Waals surface area contributed by atoms with Gasteiger partial charge in [0.1, 0.15) is 0 Å². The van der Waals surface area contributed by atoms with Crippen LogP contribution in [0.5, 0.6) is 0 Å². The summed E-state index contributed by atoms with van der Waals surface area (Å²) in [5.41, 5.74) is 7.83. The molecule has 1 heterocycles. The molecule has 0 atom stereocenters. The first-order valence-electron chi connectivity index (χ1n) is 4.39. The fourth-order valence-corrected chi connectivity index (χ4v) is 1.37. The quantitative estimate of drug-likeness (QED) is 0.788. The first-order valence-corrected chi connectivity index (χ1v) is 4.39. The first-order chi connectivity index (χ1) is 6.66. The largest absolute Gasteiger partial charge is 0.412 e. The Balaban J connectivity index is 0. The van der Waals surface area contributed by atoms with E-state index in [1.54, 1.807) is 24.3 Å². The maximum absolute atomic E-state index is 11.5. The summed E-state index contributed by atoms with van der Waals surface area (Å²) in [7, 11) is 0. The molecular weight excluding hydrogens is 265 g/mol. The van der Waals surface area contributed by atoms with Crippen molar-refractivity contribution >= 4 is 47.8 Å². The standard InChI is InChI=1S/C10H11N3O.2ClH.H2O/c1-7-6-10(14)13(12-7)9-4-2-8(11)3-5-9;;;/h2-5H,6,11H2,1H3;2*1H;1H2. The number of benzene rings is 1. The molecule has 0 aliphatic carbocycles. The number of hydrazone groups is 1. The van der Waals surface area contributed by atoms with Crippen LogP contribution >= 0.6 is 24.8 Å². The number of carbonyl (C=O) groups is 1. The molecule has 0 saturated heterocycles. The summed E-state index contributed by atoms with van der Waals surface area (Å²) in [5, 5.41) is 5.54. The molecule has 1 aliphatic rings. The topological polar surface area (TPSA) is 90.2 Å². The lowest BCUT2D eigenvalue weighted by Gasteiger charge is -2.11. The number of anilines is 2. The smallest absolute Gasteiger partial charge is 0.253 e. The Labute approximate surface area is 112 Å². The molecule has 17 heavy (non-hydrogen) atoms. The highest BCUT2D eigenvalue weighted by atomic mass is 35.5. The lowest BCUT2D eigenvalue weighted by atomic mass is 10.2. The highest BCUT2D eigenvalue weighted by Gasteiger charge is 2.22. The van der Waals surface area contributed by atoms with Crippen LogP contribution in [0.1, 0.15) is 13.3 Å². The number of rotatable bonds is 1. The van der Waals surface area contributed by atoms with Crippen molar-refractivity contribution in [3.05, 3.63) is 24.3 Å². The Morgan fingerprint density at radius 2 is 1.76 bits per heavy atom. The number of hydrogen-bond acceptors (Lipinski definition) is 3. The average Bonchev–Trinajstić information content (AvgIpc) is 2.47. The summed E-state index contributed by atoms with van der Waals surface area (Å²) in [6.07, 6.45) is 0.407. The van der Waals surface area contributed by atoms with Crippen molar-refractivity contribution in [1.82, 2.24) is 0 Å². The molecule has 0 unspecified atom stereocenters. The summed E-state index contributed by atoms with van der Waals surface area (Å²) in [6, 6.07) is 7.09. The number of amides is 1. The van der Waals surface area contributed by atoms with Gasteiger partial charge in [0.15, 0.2) is 0 Å². The van der Waals surface area contributed by atoms with Crippen molar-refractivity contribution in [2.45, 2.75) is 13.3 Å². The molecule has 7 heteroatoms. The molecule has 4 N–H and O–H groups in total. The van der Waals surface area contributed by atoms with Crippen LogP contribution in [0.25, 0.3) is 0 Å². The zero-order valence-corrected chi connectivity index (χ0v) is 10.8. The van der Waals surface area contributed by atoms with Crippen molar-refractivity contribution in [3.8, 4) is 0 Å². The van der Waals surface area contributed by atoms with E-state index < -0.39 is 0 Å². The number of halogens is 2. The Morgan fingerprint density at radius 1 is 1.24 bits per heavy atom. The highest BCUT2D eigenvalue weighted by Crippen LogP contribution is 2.21. The number of nitrogen functional groups attached to an aromatic ring is 1. The predicted molar refractivity (Wildman–Crippen MR) is 74.2 cm³/mol. The van der Waals surface area contributed by atoms with Crippen LogP contribution in [0.3, 0.4) is 0 Å². The van der Waals surface area contributed by atoms with E-state index in [0.717, 1.165) is 11.4 Å². The Hall–Kier alpha value is -1.30. The van der Waals surface area contributed by atoms with E-state index in [1.165, 1.54) is 5.01 Å². The van der Waals surface area contributed by atoms with Gasteiger partial charge in [-0.2, -0.15) is 5.10 Å². The van der Waals surface area contributed by atoms with Crippen LogP contribution in [-0.2, 0) is 4.79 Å². The Morgan fingerprint density at radius 3 is 2.18 bits per heavy atom. The fraction of sp³-hybridized carbons (Fsp3) is 0.200. The van der Waals surface area contributed by atoms with E-state index in [-0.39, 0.29) is 36.2 Å². The second-order valence-corrected chi connectivity index (χ2v) is 3.31. The molecule has 0 aromatic heterocycles. The third-order valence-corrected chi connectivity index (χ3v) is 2.05. The van der Waals surface area contributed by atoms with E-state index >= 15 is 0 Å². The number of hydrogen-bond donors (Lipinski definition) is 1. The maximum Gasteiger partial charge on any atom is 0.253 e. The van der Waals surface area contributed by atoms with Gasteiger partial charge in [0.05, 0.1) is 12.1 Å². The van der Waals surface area contributed by atoms with Crippen molar-refractivity contribution in [2.24, 2.45) is 5.10 Å². The van der Waals surface area contributed by atoms with Gasteiger partial charge in [-0.05, 0) is 31.2 Å². The molecule has 0 fully saturated rings. The van der Waals surface area contributed by atoms with Crippen LogP contribution in [0, 0.1) is 0 Å². The fourth-order valence-electron chi connectivity index (χ4n) is 1.37. The molecule has 1 aliphatic heterocycles. The van der Waals surface area contributed by atoms with Gasteiger partial charge in [-0.1, -0.05) is 0 Å². The van der Waals surface area contributed by atoms with Crippen LogP contribution < -0.4 is 10.7 Å². The number of nitrogens with zero attached hydrogens (tertiary/aromatic N) is 2. The summed E-state index contributed by atoms with van der Waals surface area (Å²) >= 11 is 0. The summed E-state index contributed by atoms with van der Waals surface area (Å²) in [5.74, 6) is 0.00673. The SMILES string of the molecule is CC1=NN(c2ccc(N)cc2)C(=O)C1.Cl.Cl.O. The van der Waals surface area contributed by atoms with Gasteiger partial charge in [-0.25, -0.2) is 5.01 Å². The van der Waals surface area contributed by atoms with Gasteiger partial charge >= 0.3 is 0 Å². The van der Waals surface area contributed by atoms with Crippen molar-refractivity contribution in [2.75, 3.05) is 10.7 Å². The van der Waals surface area contributed by atoms with Gasteiger partial charge in [-0.15, -0.1) is 24.8 Å². The van der Waals surface area contributed by atoms with Gasteiger partial charge in [0.2, 0.25) is 0 Å². The Kier molecular flexibility index (Phi) is 7.56. The lowest BCUT2D eigenvalue weighted by Crippen LogP contribution is -2.19. The molecule has 2 rings (SSSR count). The van der Waals surface area contributed by atoms with Gasteiger partial charge in [-0.3, -0.25) is 4.79 Å². The lowest BCUT2D eigenvalue weighted by molar-refractivity contribution is -0.116. The molecule has 1 amide bonds. The van der Waals surface area contributed by atoms with E-state index in [4.69, 9.17) is 5.73 Å². The number of carbonyl (C=O) groups excluding carboxylic acids is 1. The maximum atomic E-state index is 11.5. The van der Waals surface area contributed by atoms with E-state index in [9.17, 15) is 4.79 Å². The van der Waals surface area contributed by atoms with E-state index in [2.05, 4.69) is 5.10 Å². The van der Waals surface area contributed by atoms with E-state index in [1.807, 2.05) is 6.92 Å². The van der Waals surface area contributed by atoms with Crippen LogP contribution in [0.4, 0.5) is 11.4 Å². The molecule has 1 aromatic carbocycles. The minimum atomic E-state index is 0. The minimum absolute atomic E-state index is 0. The normalized spacial score (nSPS) is 13.1.